The Hall–Kier alpha value is -2.29. The van der Waals surface area contributed by atoms with E-state index in [-0.39, 0.29) is 6.04 Å². The summed E-state index contributed by atoms with van der Waals surface area (Å²) in [6.07, 6.45) is 0. The summed E-state index contributed by atoms with van der Waals surface area (Å²) in [5.41, 5.74) is 3.54. The minimum absolute atomic E-state index is 0.130. The predicted molar refractivity (Wildman–Crippen MR) is 76.6 cm³/mol. The molecule has 2 N–H and O–H groups in total. The van der Waals surface area contributed by atoms with Crippen LogP contribution in [-0.2, 0) is 0 Å². The highest BCUT2D eigenvalue weighted by Gasteiger charge is 2.09. The molecule has 0 saturated heterocycles. The van der Waals surface area contributed by atoms with Gasteiger partial charge in [0, 0.05) is 11.7 Å². The quantitative estimate of drug-likeness (QED) is 0.872. The Morgan fingerprint density at radius 2 is 1.89 bits per heavy atom. The highest BCUT2D eigenvalue weighted by molar-refractivity contribution is 5.88. The molecule has 2 aromatic rings. The van der Waals surface area contributed by atoms with E-state index in [4.69, 9.17) is 5.11 Å². The van der Waals surface area contributed by atoms with Gasteiger partial charge in [0.1, 0.15) is 0 Å². The number of aromatic carboxylic acids is 1. The molecular formula is C16H17NO2. The van der Waals surface area contributed by atoms with Crippen molar-refractivity contribution in [2.24, 2.45) is 0 Å². The Kier molecular flexibility index (Phi) is 3.85. The van der Waals surface area contributed by atoms with Crippen LogP contribution in [0.5, 0.6) is 0 Å². The fourth-order valence-electron chi connectivity index (χ4n) is 2.14. The van der Waals surface area contributed by atoms with Crippen LogP contribution in [0.4, 0.5) is 5.69 Å². The topological polar surface area (TPSA) is 49.3 Å². The minimum atomic E-state index is -0.910. The lowest BCUT2D eigenvalue weighted by atomic mass is 10.0. The first-order chi connectivity index (χ1) is 9.08. The van der Waals surface area contributed by atoms with Gasteiger partial charge in [-0.1, -0.05) is 30.3 Å². The number of carboxylic acids is 1. The van der Waals surface area contributed by atoms with Gasteiger partial charge in [0.2, 0.25) is 0 Å². The van der Waals surface area contributed by atoms with Crippen LogP contribution < -0.4 is 5.32 Å². The second-order valence-electron chi connectivity index (χ2n) is 4.61. The molecule has 2 aromatic carbocycles. The van der Waals surface area contributed by atoms with Crippen molar-refractivity contribution < 1.29 is 9.90 Å². The Bertz CT molecular complexity index is 593. The molecular weight excluding hydrogens is 238 g/mol. The molecule has 1 unspecified atom stereocenters. The summed E-state index contributed by atoms with van der Waals surface area (Å²) in [4.78, 5) is 10.9. The maximum absolute atomic E-state index is 10.9. The van der Waals surface area contributed by atoms with Crippen molar-refractivity contribution in [3.05, 3.63) is 65.2 Å². The van der Waals surface area contributed by atoms with Gasteiger partial charge >= 0.3 is 5.97 Å². The van der Waals surface area contributed by atoms with E-state index in [2.05, 4.69) is 31.3 Å². The summed E-state index contributed by atoms with van der Waals surface area (Å²) in [5, 5.41) is 12.3. The predicted octanol–water partition coefficient (Wildman–Crippen LogP) is 3.87. The number of nitrogens with one attached hydrogen (secondary N) is 1. The van der Waals surface area contributed by atoms with E-state index in [0.717, 1.165) is 5.69 Å². The fourth-order valence-corrected chi connectivity index (χ4v) is 2.14. The van der Waals surface area contributed by atoms with Crippen molar-refractivity contribution in [2.75, 3.05) is 5.32 Å². The van der Waals surface area contributed by atoms with E-state index in [0.29, 0.717) is 5.56 Å². The number of anilines is 1. The van der Waals surface area contributed by atoms with Crippen LogP contribution >= 0.6 is 0 Å². The molecule has 1 atom stereocenters. The highest BCUT2D eigenvalue weighted by atomic mass is 16.4. The van der Waals surface area contributed by atoms with Crippen molar-refractivity contribution in [3.8, 4) is 0 Å². The number of aryl methyl sites for hydroxylation is 1. The van der Waals surface area contributed by atoms with Gasteiger partial charge in [0.25, 0.3) is 0 Å². The summed E-state index contributed by atoms with van der Waals surface area (Å²) >= 11 is 0. The molecule has 0 bridgehead atoms. The average Bonchev–Trinajstić information content (AvgIpc) is 2.39. The van der Waals surface area contributed by atoms with Gasteiger partial charge in [-0.3, -0.25) is 0 Å². The summed E-state index contributed by atoms with van der Waals surface area (Å²) < 4.78 is 0. The first-order valence-electron chi connectivity index (χ1n) is 6.23. The normalized spacial score (nSPS) is 11.9. The standard InChI is InChI=1S/C16H17NO2/c1-11-6-3-4-9-15(11)12(2)17-14-8-5-7-13(10-14)16(18)19/h3-10,12,17H,1-2H3,(H,18,19). The first kappa shape index (κ1) is 13.1. The lowest BCUT2D eigenvalue weighted by Crippen LogP contribution is -2.08. The average molecular weight is 255 g/mol. The molecule has 0 heterocycles. The largest absolute Gasteiger partial charge is 0.478 e. The van der Waals surface area contributed by atoms with Crippen LogP contribution in [0.2, 0.25) is 0 Å². The van der Waals surface area contributed by atoms with Crippen LogP contribution in [0.15, 0.2) is 48.5 Å². The molecule has 3 heteroatoms. The first-order valence-corrected chi connectivity index (χ1v) is 6.23. The Morgan fingerprint density at radius 3 is 2.58 bits per heavy atom. The fraction of sp³-hybridized carbons (Fsp3) is 0.188. The van der Waals surface area contributed by atoms with Gasteiger partial charge in [-0.15, -0.1) is 0 Å². The van der Waals surface area contributed by atoms with Gasteiger partial charge in [-0.2, -0.15) is 0 Å². The van der Waals surface area contributed by atoms with E-state index < -0.39 is 5.97 Å². The SMILES string of the molecule is Cc1ccccc1C(C)Nc1cccc(C(=O)O)c1. The van der Waals surface area contributed by atoms with E-state index in [1.165, 1.54) is 11.1 Å². The van der Waals surface area contributed by atoms with Crippen LogP contribution in [0.1, 0.15) is 34.5 Å². The second kappa shape index (κ2) is 5.57. The number of hydrogen-bond acceptors (Lipinski definition) is 2. The van der Waals surface area contributed by atoms with Crippen molar-refractivity contribution in [3.63, 3.8) is 0 Å². The molecule has 0 amide bonds. The van der Waals surface area contributed by atoms with Crippen molar-refractivity contribution in [1.29, 1.82) is 0 Å². The molecule has 2 rings (SSSR count). The van der Waals surface area contributed by atoms with Crippen molar-refractivity contribution >= 4 is 11.7 Å². The third-order valence-electron chi connectivity index (χ3n) is 3.15. The summed E-state index contributed by atoms with van der Waals surface area (Å²) in [6.45, 7) is 4.14. The molecule has 0 fully saturated rings. The van der Waals surface area contributed by atoms with Crippen molar-refractivity contribution in [2.45, 2.75) is 19.9 Å². The molecule has 0 aliphatic heterocycles. The number of rotatable bonds is 4. The lowest BCUT2D eigenvalue weighted by molar-refractivity contribution is 0.0697. The van der Waals surface area contributed by atoms with E-state index >= 15 is 0 Å². The Balaban J connectivity index is 2.19. The summed E-state index contributed by atoms with van der Waals surface area (Å²) in [7, 11) is 0. The van der Waals surface area contributed by atoms with Gasteiger partial charge < -0.3 is 10.4 Å². The molecule has 0 aliphatic carbocycles. The molecule has 0 aliphatic rings. The van der Waals surface area contributed by atoms with Gasteiger partial charge in [-0.05, 0) is 43.2 Å². The maximum atomic E-state index is 10.9. The number of hydrogen-bond donors (Lipinski definition) is 2. The third kappa shape index (κ3) is 3.13. The Labute approximate surface area is 112 Å². The van der Waals surface area contributed by atoms with E-state index in [1.54, 1.807) is 18.2 Å². The van der Waals surface area contributed by atoms with Gasteiger partial charge in [0.05, 0.1) is 5.56 Å². The lowest BCUT2D eigenvalue weighted by Gasteiger charge is -2.18. The summed E-state index contributed by atoms with van der Waals surface area (Å²) in [6, 6.07) is 15.2. The summed E-state index contributed by atoms with van der Waals surface area (Å²) in [5.74, 6) is -0.910. The van der Waals surface area contributed by atoms with Crippen LogP contribution in [-0.4, -0.2) is 11.1 Å². The smallest absolute Gasteiger partial charge is 0.335 e. The van der Waals surface area contributed by atoms with Gasteiger partial charge in [-0.25, -0.2) is 4.79 Å². The molecule has 0 spiro atoms. The molecule has 0 radical (unpaired) electrons. The molecule has 0 saturated carbocycles. The molecule has 98 valence electrons. The van der Waals surface area contributed by atoms with Crippen molar-refractivity contribution in [1.82, 2.24) is 0 Å². The zero-order valence-corrected chi connectivity index (χ0v) is 11.1. The third-order valence-corrected chi connectivity index (χ3v) is 3.15. The van der Waals surface area contributed by atoms with Crippen LogP contribution in [0, 0.1) is 6.92 Å². The van der Waals surface area contributed by atoms with Gasteiger partial charge in [0.15, 0.2) is 0 Å². The number of benzene rings is 2. The second-order valence-corrected chi connectivity index (χ2v) is 4.61. The van der Waals surface area contributed by atoms with E-state index in [9.17, 15) is 4.79 Å². The number of carbonyl (C=O) groups is 1. The molecule has 19 heavy (non-hydrogen) atoms. The van der Waals surface area contributed by atoms with Crippen LogP contribution in [0.3, 0.4) is 0 Å². The zero-order valence-electron chi connectivity index (χ0n) is 11.1. The minimum Gasteiger partial charge on any atom is -0.478 e. The maximum Gasteiger partial charge on any atom is 0.335 e. The van der Waals surface area contributed by atoms with Crippen LogP contribution in [0.25, 0.3) is 0 Å². The monoisotopic (exact) mass is 255 g/mol. The Morgan fingerprint density at radius 1 is 1.16 bits per heavy atom. The van der Waals surface area contributed by atoms with E-state index in [1.807, 2.05) is 18.2 Å². The highest BCUT2D eigenvalue weighted by Crippen LogP contribution is 2.22. The molecule has 3 nitrogen and oxygen atoms in total. The zero-order chi connectivity index (χ0) is 13.8. The number of carboxylic acid groups (broad SMARTS) is 1. The molecule has 0 aromatic heterocycles.